The average Bonchev–Trinajstić information content (AvgIpc) is 2.57. The van der Waals surface area contributed by atoms with Crippen molar-refractivity contribution in [1.82, 2.24) is 9.80 Å². The molecule has 1 fully saturated rings. The van der Waals surface area contributed by atoms with E-state index in [1.54, 1.807) is 11.3 Å². The van der Waals surface area contributed by atoms with Crippen LogP contribution < -0.4 is 0 Å². The lowest BCUT2D eigenvalue weighted by Crippen LogP contribution is -2.33. The number of aliphatic carboxylic acids is 1. The highest BCUT2D eigenvalue weighted by Gasteiger charge is 2.16. The molecule has 0 aromatic carbocycles. The molecule has 1 aliphatic rings. The van der Waals surface area contributed by atoms with Gasteiger partial charge in [-0.15, -0.1) is 11.3 Å². The molecule has 1 aromatic rings. The molecular weight excluding hydrogens is 316 g/mol. The summed E-state index contributed by atoms with van der Waals surface area (Å²) in [6, 6.07) is 2.16. The van der Waals surface area contributed by atoms with Crippen molar-refractivity contribution in [2.75, 3.05) is 32.7 Å². The normalized spacial score (nSPS) is 18.7. The molecule has 0 radical (unpaired) electrons. The Morgan fingerprint density at radius 2 is 2.06 bits per heavy atom. The van der Waals surface area contributed by atoms with Gasteiger partial charge >= 0.3 is 5.97 Å². The van der Waals surface area contributed by atoms with Gasteiger partial charge in [0.05, 0.1) is 10.3 Å². The van der Waals surface area contributed by atoms with Gasteiger partial charge in [-0.1, -0.05) is 0 Å². The quantitative estimate of drug-likeness (QED) is 0.917. The van der Waals surface area contributed by atoms with Gasteiger partial charge in [0, 0.05) is 26.2 Å². The maximum absolute atomic E-state index is 10.7. The van der Waals surface area contributed by atoms with Crippen molar-refractivity contribution in [1.29, 1.82) is 0 Å². The predicted molar refractivity (Wildman–Crippen MR) is 76.0 cm³/mol. The minimum absolute atomic E-state index is 0.165. The zero-order valence-electron chi connectivity index (χ0n) is 10.1. The third-order valence-corrected chi connectivity index (χ3v) is 4.62. The van der Waals surface area contributed by atoms with Crippen LogP contribution >= 0.6 is 27.3 Å². The third kappa shape index (κ3) is 4.35. The molecule has 0 spiro atoms. The summed E-state index contributed by atoms with van der Waals surface area (Å²) in [4.78, 5) is 15.1. The van der Waals surface area contributed by atoms with Crippen molar-refractivity contribution in [3.63, 3.8) is 0 Å². The SMILES string of the molecule is O=C(O)CN1CCCN(Cc2csc(Br)c2)CC1. The first-order valence-corrected chi connectivity index (χ1v) is 7.70. The summed E-state index contributed by atoms with van der Waals surface area (Å²) in [6.07, 6.45) is 1.04. The van der Waals surface area contributed by atoms with Gasteiger partial charge in [0.25, 0.3) is 0 Å². The molecule has 0 atom stereocenters. The van der Waals surface area contributed by atoms with Gasteiger partial charge in [-0.2, -0.15) is 0 Å². The lowest BCUT2D eigenvalue weighted by Gasteiger charge is -2.20. The molecule has 1 N–H and O–H groups in total. The Kier molecular flexibility index (Phi) is 5.17. The highest BCUT2D eigenvalue weighted by molar-refractivity contribution is 9.11. The van der Waals surface area contributed by atoms with Crippen LogP contribution in [0.1, 0.15) is 12.0 Å². The molecular formula is C12H17BrN2O2S. The first-order chi connectivity index (χ1) is 8.63. The van der Waals surface area contributed by atoms with E-state index in [4.69, 9.17) is 5.11 Å². The Bertz CT molecular complexity index is 411. The monoisotopic (exact) mass is 332 g/mol. The molecule has 4 nitrogen and oxygen atoms in total. The number of nitrogens with zero attached hydrogens (tertiary/aromatic N) is 2. The molecule has 0 bridgehead atoms. The minimum atomic E-state index is -0.731. The number of halogens is 1. The lowest BCUT2D eigenvalue weighted by molar-refractivity contribution is -0.138. The second-order valence-electron chi connectivity index (χ2n) is 4.56. The van der Waals surface area contributed by atoms with Gasteiger partial charge in [-0.3, -0.25) is 14.6 Å². The predicted octanol–water partition coefficient (Wildman–Crippen LogP) is 2.10. The van der Waals surface area contributed by atoms with Gasteiger partial charge in [0.2, 0.25) is 0 Å². The molecule has 0 aliphatic carbocycles. The standard InChI is InChI=1S/C12H17BrN2O2S/c13-11-6-10(9-18-11)7-14-2-1-3-15(5-4-14)8-12(16)17/h6,9H,1-5,7-8H2,(H,16,17). The van der Waals surface area contributed by atoms with E-state index >= 15 is 0 Å². The van der Waals surface area contributed by atoms with Crippen LogP contribution in [0.25, 0.3) is 0 Å². The van der Waals surface area contributed by atoms with Gasteiger partial charge in [0.1, 0.15) is 0 Å². The lowest BCUT2D eigenvalue weighted by atomic mass is 10.3. The molecule has 6 heteroatoms. The Balaban J connectivity index is 1.83. The Morgan fingerprint density at radius 3 is 2.72 bits per heavy atom. The highest BCUT2D eigenvalue weighted by Crippen LogP contribution is 2.22. The van der Waals surface area contributed by atoms with E-state index in [1.165, 1.54) is 9.35 Å². The summed E-state index contributed by atoms with van der Waals surface area (Å²) in [5.41, 5.74) is 1.33. The summed E-state index contributed by atoms with van der Waals surface area (Å²) in [6.45, 7) is 4.85. The van der Waals surface area contributed by atoms with Crippen molar-refractivity contribution in [3.05, 3.63) is 20.8 Å². The maximum atomic E-state index is 10.7. The van der Waals surface area contributed by atoms with E-state index in [0.29, 0.717) is 0 Å². The molecule has 100 valence electrons. The number of rotatable bonds is 4. The van der Waals surface area contributed by atoms with E-state index in [0.717, 1.165) is 39.1 Å². The highest BCUT2D eigenvalue weighted by atomic mass is 79.9. The average molecular weight is 333 g/mol. The fourth-order valence-electron chi connectivity index (χ4n) is 2.22. The van der Waals surface area contributed by atoms with Crippen LogP contribution in [0.15, 0.2) is 15.2 Å². The number of carboxylic acids is 1. The van der Waals surface area contributed by atoms with Crippen LogP contribution in [-0.4, -0.2) is 53.6 Å². The van der Waals surface area contributed by atoms with Gasteiger partial charge < -0.3 is 5.11 Å². The van der Waals surface area contributed by atoms with Gasteiger partial charge in [-0.25, -0.2) is 0 Å². The number of carbonyl (C=O) groups is 1. The van der Waals surface area contributed by atoms with E-state index < -0.39 is 5.97 Å². The van der Waals surface area contributed by atoms with Crippen molar-refractivity contribution >= 4 is 33.2 Å². The number of hydrogen-bond donors (Lipinski definition) is 1. The Labute approximate surface area is 119 Å². The van der Waals surface area contributed by atoms with Crippen LogP contribution in [0.3, 0.4) is 0 Å². The largest absolute Gasteiger partial charge is 0.480 e. The van der Waals surface area contributed by atoms with Crippen LogP contribution in [0.2, 0.25) is 0 Å². The zero-order chi connectivity index (χ0) is 13.0. The fraction of sp³-hybridized carbons (Fsp3) is 0.583. The van der Waals surface area contributed by atoms with Crippen LogP contribution in [-0.2, 0) is 11.3 Å². The molecule has 0 saturated carbocycles. The number of thiophene rings is 1. The maximum Gasteiger partial charge on any atom is 0.317 e. The van der Waals surface area contributed by atoms with Crippen LogP contribution in [0.4, 0.5) is 0 Å². The molecule has 0 amide bonds. The van der Waals surface area contributed by atoms with E-state index in [1.807, 2.05) is 4.90 Å². The zero-order valence-corrected chi connectivity index (χ0v) is 12.5. The number of carboxylic acid groups (broad SMARTS) is 1. The van der Waals surface area contributed by atoms with Crippen molar-refractivity contribution in [2.24, 2.45) is 0 Å². The Hall–Kier alpha value is -0.430. The van der Waals surface area contributed by atoms with Crippen LogP contribution in [0, 0.1) is 0 Å². The molecule has 2 rings (SSSR count). The van der Waals surface area contributed by atoms with Gasteiger partial charge in [-0.05, 0) is 45.9 Å². The third-order valence-electron chi connectivity index (χ3n) is 3.07. The van der Waals surface area contributed by atoms with Crippen molar-refractivity contribution in [2.45, 2.75) is 13.0 Å². The fourth-order valence-corrected chi connectivity index (χ4v) is 3.42. The summed E-state index contributed by atoms with van der Waals surface area (Å²) in [5, 5.41) is 11.0. The summed E-state index contributed by atoms with van der Waals surface area (Å²) in [5.74, 6) is -0.731. The van der Waals surface area contributed by atoms with E-state index in [-0.39, 0.29) is 6.54 Å². The smallest absolute Gasteiger partial charge is 0.317 e. The van der Waals surface area contributed by atoms with E-state index in [2.05, 4.69) is 32.3 Å². The van der Waals surface area contributed by atoms with Gasteiger partial charge in [0.15, 0.2) is 0 Å². The second kappa shape index (κ2) is 6.65. The van der Waals surface area contributed by atoms with Crippen molar-refractivity contribution in [3.8, 4) is 0 Å². The summed E-state index contributed by atoms with van der Waals surface area (Å²) < 4.78 is 1.17. The Morgan fingerprint density at radius 1 is 1.33 bits per heavy atom. The first-order valence-electron chi connectivity index (χ1n) is 6.03. The molecule has 2 heterocycles. The van der Waals surface area contributed by atoms with E-state index in [9.17, 15) is 4.79 Å². The molecule has 1 aliphatic heterocycles. The van der Waals surface area contributed by atoms with Crippen molar-refractivity contribution < 1.29 is 9.90 Å². The molecule has 18 heavy (non-hydrogen) atoms. The topological polar surface area (TPSA) is 43.8 Å². The summed E-state index contributed by atoms with van der Waals surface area (Å²) in [7, 11) is 0. The minimum Gasteiger partial charge on any atom is -0.480 e. The second-order valence-corrected chi connectivity index (χ2v) is 6.85. The summed E-state index contributed by atoms with van der Waals surface area (Å²) >= 11 is 5.18. The molecule has 1 saturated heterocycles. The first kappa shape index (κ1) is 14.0. The van der Waals surface area contributed by atoms with Crippen LogP contribution in [0.5, 0.6) is 0 Å². The molecule has 0 unspecified atom stereocenters. The number of hydrogen-bond acceptors (Lipinski definition) is 4. The molecule has 1 aromatic heterocycles.